The minimum atomic E-state index is -0.140. The van der Waals surface area contributed by atoms with Crippen LogP contribution in [0.15, 0.2) is 35.7 Å². The van der Waals surface area contributed by atoms with Gasteiger partial charge in [-0.25, -0.2) is 0 Å². The summed E-state index contributed by atoms with van der Waals surface area (Å²) in [5, 5.41) is 13.5. The lowest BCUT2D eigenvalue weighted by atomic mass is 10.1. The predicted molar refractivity (Wildman–Crippen MR) is 85.0 cm³/mol. The largest absolute Gasteiger partial charge is 0.384 e. The van der Waals surface area contributed by atoms with E-state index in [1.165, 1.54) is 0 Å². The number of hydrogen-bond acceptors (Lipinski definition) is 3. The van der Waals surface area contributed by atoms with Crippen molar-refractivity contribution in [2.75, 3.05) is 6.61 Å². The quantitative estimate of drug-likeness (QED) is 0.851. The fourth-order valence-electron chi connectivity index (χ4n) is 1.94. The molecule has 0 saturated heterocycles. The van der Waals surface area contributed by atoms with Gasteiger partial charge in [0.15, 0.2) is 0 Å². The van der Waals surface area contributed by atoms with E-state index in [1.807, 2.05) is 42.6 Å². The zero-order valence-corrected chi connectivity index (χ0v) is 12.7. The Morgan fingerprint density at radius 3 is 3.00 bits per heavy atom. The Balaban J connectivity index is 1.85. The van der Waals surface area contributed by atoms with Gasteiger partial charge in [0.05, 0.1) is 13.0 Å². The van der Waals surface area contributed by atoms with Crippen LogP contribution in [0.2, 0.25) is 0 Å². The highest BCUT2D eigenvalue weighted by atomic mass is 32.1. The topological polar surface area (TPSA) is 49.3 Å². The van der Waals surface area contributed by atoms with Crippen molar-refractivity contribution in [2.24, 2.45) is 0 Å². The van der Waals surface area contributed by atoms with E-state index in [0.29, 0.717) is 13.0 Å². The highest BCUT2D eigenvalue weighted by Crippen LogP contribution is 2.13. The first-order valence-corrected chi connectivity index (χ1v) is 7.54. The summed E-state index contributed by atoms with van der Waals surface area (Å²) in [4.78, 5) is 13.0. The molecule has 4 heteroatoms. The Morgan fingerprint density at radius 2 is 2.24 bits per heavy atom. The summed E-state index contributed by atoms with van der Waals surface area (Å²) in [6.07, 6.45) is 0.393. The number of carbonyl (C=O) groups is 1. The number of aliphatic hydroxyl groups excluding tert-OH is 1. The van der Waals surface area contributed by atoms with E-state index in [9.17, 15) is 4.79 Å². The monoisotopic (exact) mass is 299 g/mol. The number of hydrogen-bond donors (Lipinski definition) is 2. The number of amides is 1. The molecular weight excluding hydrogens is 282 g/mol. The first-order chi connectivity index (χ1) is 10.2. The highest BCUT2D eigenvalue weighted by Gasteiger charge is 2.04. The molecule has 3 nitrogen and oxygen atoms in total. The van der Waals surface area contributed by atoms with Crippen LogP contribution < -0.4 is 5.32 Å². The zero-order valence-electron chi connectivity index (χ0n) is 11.8. The third-order valence-corrected chi connectivity index (χ3v) is 3.81. The molecule has 0 atom stereocenters. The van der Waals surface area contributed by atoms with Crippen LogP contribution >= 0.6 is 11.3 Å². The Hall–Kier alpha value is -2.09. The molecule has 0 bridgehead atoms. The maximum atomic E-state index is 11.9. The van der Waals surface area contributed by atoms with Gasteiger partial charge in [0, 0.05) is 15.8 Å². The zero-order chi connectivity index (χ0) is 15.1. The molecule has 0 fully saturated rings. The van der Waals surface area contributed by atoms with Crippen molar-refractivity contribution < 1.29 is 9.90 Å². The van der Waals surface area contributed by atoms with E-state index in [1.54, 1.807) is 11.3 Å². The van der Waals surface area contributed by atoms with E-state index in [-0.39, 0.29) is 12.5 Å². The van der Waals surface area contributed by atoms with Crippen molar-refractivity contribution >= 4 is 17.2 Å². The fraction of sp³-hybridized carbons (Fsp3) is 0.235. The van der Waals surface area contributed by atoms with E-state index in [0.717, 1.165) is 21.6 Å². The lowest BCUT2D eigenvalue weighted by molar-refractivity contribution is -0.120. The minimum Gasteiger partial charge on any atom is -0.384 e. The van der Waals surface area contributed by atoms with Crippen LogP contribution in [0.5, 0.6) is 0 Å². The summed E-state index contributed by atoms with van der Waals surface area (Å²) in [6, 6.07) is 9.89. The molecule has 1 aromatic carbocycles. The Bertz CT molecular complexity index is 679. The average Bonchev–Trinajstić information content (AvgIpc) is 2.91. The van der Waals surface area contributed by atoms with Gasteiger partial charge in [-0.1, -0.05) is 41.7 Å². The van der Waals surface area contributed by atoms with Crippen molar-refractivity contribution in [3.05, 3.63) is 57.3 Å². The number of aryl methyl sites for hydroxylation is 1. The van der Waals surface area contributed by atoms with Crippen LogP contribution in [0.4, 0.5) is 0 Å². The molecule has 0 aliphatic heterocycles. The maximum absolute atomic E-state index is 11.9. The predicted octanol–water partition coefficient (Wildman–Crippen LogP) is 2.26. The van der Waals surface area contributed by atoms with Gasteiger partial charge in [-0.2, -0.15) is 0 Å². The number of rotatable bonds is 4. The third-order valence-electron chi connectivity index (χ3n) is 2.87. The highest BCUT2D eigenvalue weighted by molar-refractivity contribution is 7.10. The molecule has 0 aliphatic rings. The second-order valence-electron chi connectivity index (χ2n) is 4.70. The van der Waals surface area contributed by atoms with Gasteiger partial charge < -0.3 is 10.4 Å². The average molecular weight is 299 g/mol. The number of aliphatic hydroxyl groups is 1. The molecule has 0 aliphatic carbocycles. The molecule has 1 aromatic heterocycles. The van der Waals surface area contributed by atoms with Crippen molar-refractivity contribution in [3.8, 4) is 11.8 Å². The summed E-state index contributed by atoms with van der Waals surface area (Å²) in [5.74, 6) is 5.46. The Morgan fingerprint density at radius 1 is 1.38 bits per heavy atom. The molecule has 0 radical (unpaired) electrons. The van der Waals surface area contributed by atoms with Crippen molar-refractivity contribution in [2.45, 2.75) is 19.9 Å². The van der Waals surface area contributed by atoms with Crippen LogP contribution in [-0.4, -0.2) is 17.6 Å². The van der Waals surface area contributed by atoms with E-state index in [4.69, 9.17) is 5.11 Å². The summed E-state index contributed by atoms with van der Waals surface area (Å²) >= 11 is 1.55. The van der Waals surface area contributed by atoms with Crippen LogP contribution in [0.3, 0.4) is 0 Å². The van der Waals surface area contributed by atoms with Crippen molar-refractivity contribution in [3.63, 3.8) is 0 Å². The molecule has 0 unspecified atom stereocenters. The van der Waals surface area contributed by atoms with Gasteiger partial charge in [-0.05, 0) is 18.6 Å². The molecule has 2 rings (SSSR count). The molecule has 0 saturated carbocycles. The molecule has 0 spiro atoms. The molecule has 1 amide bonds. The van der Waals surface area contributed by atoms with Gasteiger partial charge in [0.2, 0.25) is 5.91 Å². The molecule has 2 N–H and O–H groups in total. The van der Waals surface area contributed by atoms with Gasteiger partial charge >= 0.3 is 0 Å². The normalized spacial score (nSPS) is 9.81. The molecule has 2 aromatic rings. The molecule has 21 heavy (non-hydrogen) atoms. The first kappa shape index (κ1) is 15.3. The summed E-state index contributed by atoms with van der Waals surface area (Å²) in [5.41, 5.74) is 3.05. The number of nitrogens with one attached hydrogen (secondary N) is 1. The molecule has 108 valence electrons. The van der Waals surface area contributed by atoms with E-state index < -0.39 is 0 Å². The fourth-order valence-corrected chi connectivity index (χ4v) is 2.69. The van der Waals surface area contributed by atoms with Crippen LogP contribution in [-0.2, 0) is 17.8 Å². The van der Waals surface area contributed by atoms with Crippen LogP contribution in [0, 0.1) is 18.8 Å². The Kier molecular flexibility index (Phi) is 5.56. The molecular formula is C17H17NO2S. The SMILES string of the molecule is Cc1cccc(CC(=O)NCc2cc(C#CCO)cs2)c1. The number of carbonyl (C=O) groups excluding carboxylic acids is 1. The van der Waals surface area contributed by atoms with Gasteiger partial charge in [0.1, 0.15) is 6.61 Å². The second kappa shape index (κ2) is 7.63. The van der Waals surface area contributed by atoms with Gasteiger partial charge in [0.25, 0.3) is 0 Å². The van der Waals surface area contributed by atoms with Gasteiger partial charge in [-0.15, -0.1) is 11.3 Å². The number of thiophene rings is 1. The first-order valence-electron chi connectivity index (χ1n) is 6.67. The standard InChI is InChI=1S/C17H17NO2S/c1-13-4-2-5-14(8-13)10-17(20)18-11-16-9-15(12-21-16)6-3-7-19/h2,4-5,8-9,12,19H,7,10-11H2,1H3,(H,18,20). The van der Waals surface area contributed by atoms with E-state index in [2.05, 4.69) is 17.2 Å². The van der Waals surface area contributed by atoms with Crippen LogP contribution in [0.25, 0.3) is 0 Å². The summed E-state index contributed by atoms with van der Waals surface area (Å²) in [6.45, 7) is 2.39. The van der Waals surface area contributed by atoms with Crippen molar-refractivity contribution in [1.29, 1.82) is 0 Å². The third kappa shape index (κ3) is 5.07. The number of benzene rings is 1. The van der Waals surface area contributed by atoms with Gasteiger partial charge in [-0.3, -0.25) is 4.79 Å². The van der Waals surface area contributed by atoms with Crippen LogP contribution in [0.1, 0.15) is 21.6 Å². The minimum absolute atomic E-state index is 0.0111. The van der Waals surface area contributed by atoms with E-state index >= 15 is 0 Å². The van der Waals surface area contributed by atoms with Crippen molar-refractivity contribution in [1.82, 2.24) is 5.32 Å². The second-order valence-corrected chi connectivity index (χ2v) is 5.70. The lowest BCUT2D eigenvalue weighted by Gasteiger charge is -2.04. The Labute approximate surface area is 128 Å². The smallest absolute Gasteiger partial charge is 0.224 e. The summed E-state index contributed by atoms with van der Waals surface area (Å²) in [7, 11) is 0. The molecule has 1 heterocycles. The lowest BCUT2D eigenvalue weighted by Crippen LogP contribution is -2.24. The summed E-state index contributed by atoms with van der Waals surface area (Å²) < 4.78 is 0. The maximum Gasteiger partial charge on any atom is 0.224 e.